The lowest BCUT2D eigenvalue weighted by molar-refractivity contribution is -0.402. The fourth-order valence-electron chi connectivity index (χ4n) is 1.77. The molecule has 102 valence electrons. The number of nitrogens with one attached hydrogen (secondary N) is 1. The second-order valence-electron chi connectivity index (χ2n) is 4.03. The van der Waals surface area contributed by atoms with Crippen LogP contribution in [0.5, 0.6) is 0 Å². The molecule has 1 unspecified atom stereocenters. The average molecular weight is 345 g/mol. The van der Waals surface area contributed by atoms with Crippen molar-refractivity contribution in [3.05, 3.63) is 48.3 Å². The van der Waals surface area contributed by atoms with Gasteiger partial charge >= 0.3 is 5.88 Å². The predicted molar refractivity (Wildman–Crippen MR) is 77.6 cm³/mol. The Morgan fingerprint density at radius 1 is 1.58 bits per heavy atom. The molecule has 1 atom stereocenters. The van der Waals surface area contributed by atoms with E-state index in [1.807, 2.05) is 13.8 Å². The zero-order valence-corrected chi connectivity index (χ0v) is 12.9. The first kappa shape index (κ1) is 14.2. The minimum Gasteiger partial charge on any atom is -0.404 e. The van der Waals surface area contributed by atoms with Crippen LogP contribution < -0.4 is 5.32 Å². The monoisotopic (exact) mass is 344 g/mol. The van der Waals surface area contributed by atoms with Gasteiger partial charge < -0.3 is 9.73 Å². The molecule has 0 aliphatic rings. The first-order chi connectivity index (χ1) is 9.02. The molecule has 0 amide bonds. The van der Waals surface area contributed by atoms with Crippen molar-refractivity contribution in [2.75, 3.05) is 6.54 Å². The molecule has 0 fully saturated rings. The summed E-state index contributed by atoms with van der Waals surface area (Å²) in [7, 11) is 0. The van der Waals surface area contributed by atoms with Crippen molar-refractivity contribution in [2.45, 2.75) is 19.9 Å². The summed E-state index contributed by atoms with van der Waals surface area (Å²) in [4.78, 5) is 11.2. The summed E-state index contributed by atoms with van der Waals surface area (Å²) in [5, 5.41) is 14.0. The maximum Gasteiger partial charge on any atom is 0.433 e. The van der Waals surface area contributed by atoms with Crippen LogP contribution in [0.15, 0.2) is 26.4 Å². The number of thiophene rings is 1. The zero-order chi connectivity index (χ0) is 14.0. The molecule has 0 radical (unpaired) electrons. The summed E-state index contributed by atoms with van der Waals surface area (Å²) in [6, 6.07) is 4.92. The number of aryl methyl sites for hydroxylation is 1. The average Bonchev–Trinajstić information content (AvgIpc) is 2.95. The summed E-state index contributed by atoms with van der Waals surface area (Å²) < 4.78 is 6.35. The predicted octanol–water partition coefficient (Wildman–Crippen LogP) is 4.02. The van der Waals surface area contributed by atoms with Gasteiger partial charge in [0.15, 0.2) is 0 Å². The first-order valence-electron chi connectivity index (χ1n) is 5.76. The van der Waals surface area contributed by atoms with Crippen molar-refractivity contribution >= 4 is 33.2 Å². The third-order valence-electron chi connectivity index (χ3n) is 2.65. The van der Waals surface area contributed by atoms with Crippen LogP contribution in [0, 0.1) is 17.0 Å². The lowest BCUT2D eigenvalue weighted by Crippen LogP contribution is -2.20. The van der Waals surface area contributed by atoms with Crippen molar-refractivity contribution in [3.8, 4) is 0 Å². The fourth-order valence-corrected chi connectivity index (χ4v) is 3.42. The highest BCUT2D eigenvalue weighted by Crippen LogP contribution is 2.35. The molecule has 0 saturated heterocycles. The van der Waals surface area contributed by atoms with Crippen molar-refractivity contribution in [1.29, 1.82) is 0 Å². The molecule has 2 rings (SSSR count). The minimum atomic E-state index is -0.526. The summed E-state index contributed by atoms with van der Waals surface area (Å²) in [5.41, 5.74) is 1.14. The van der Waals surface area contributed by atoms with E-state index >= 15 is 0 Å². The Labute approximate surface area is 122 Å². The Kier molecular flexibility index (Phi) is 4.38. The SMILES string of the molecule is CCNC(c1ccc([N+](=O)[O-])o1)c1cc(C)c(Br)s1. The molecule has 0 bridgehead atoms. The van der Waals surface area contributed by atoms with Crippen LogP contribution in [-0.4, -0.2) is 11.5 Å². The van der Waals surface area contributed by atoms with Crippen LogP contribution in [0.2, 0.25) is 0 Å². The normalized spacial score (nSPS) is 12.6. The number of hydrogen-bond donors (Lipinski definition) is 1. The molecule has 2 aromatic heterocycles. The Balaban J connectivity index is 2.35. The van der Waals surface area contributed by atoms with E-state index in [0.29, 0.717) is 5.76 Å². The van der Waals surface area contributed by atoms with E-state index in [4.69, 9.17) is 4.42 Å². The molecule has 0 spiro atoms. The van der Waals surface area contributed by atoms with Crippen molar-refractivity contribution in [1.82, 2.24) is 5.32 Å². The van der Waals surface area contributed by atoms with Gasteiger partial charge in [0.05, 0.1) is 9.85 Å². The second kappa shape index (κ2) is 5.85. The Morgan fingerprint density at radius 2 is 2.32 bits per heavy atom. The molecule has 2 heterocycles. The second-order valence-corrected chi connectivity index (χ2v) is 6.43. The van der Waals surface area contributed by atoms with Crippen LogP contribution in [-0.2, 0) is 0 Å². The van der Waals surface area contributed by atoms with Gasteiger partial charge in [-0.1, -0.05) is 6.92 Å². The van der Waals surface area contributed by atoms with Gasteiger partial charge in [-0.15, -0.1) is 11.3 Å². The lowest BCUT2D eigenvalue weighted by Gasteiger charge is -2.13. The number of rotatable bonds is 5. The highest BCUT2D eigenvalue weighted by molar-refractivity contribution is 9.11. The Morgan fingerprint density at radius 3 is 2.79 bits per heavy atom. The van der Waals surface area contributed by atoms with Crippen molar-refractivity contribution < 1.29 is 9.34 Å². The molecule has 1 N–H and O–H groups in total. The summed E-state index contributed by atoms with van der Waals surface area (Å²) in [5.74, 6) is 0.326. The quantitative estimate of drug-likeness (QED) is 0.656. The molecular formula is C12H13BrN2O3S. The molecule has 7 heteroatoms. The zero-order valence-electron chi connectivity index (χ0n) is 10.5. The molecule has 19 heavy (non-hydrogen) atoms. The first-order valence-corrected chi connectivity index (χ1v) is 7.37. The van der Waals surface area contributed by atoms with E-state index in [9.17, 15) is 10.1 Å². The maximum atomic E-state index is 10.7. The van der Waals surface area contributed by atoms with Gasteiger partial charge in [0.1, 0.15) is 16.7 Å². The highest BCUT2D eigenvalue weighted by atomic mass is 79.9. The number of furan rings is 1. The van der Waals surface area contributed by atoms with Gasteiger partial charge in [-0.05, 0) is 47.1 Å². The highest BCUT2D eigenvalue weighted by Gasteiger charge is 2.22. The molecule has 0 saturated carbocycles. The van der Waals surface area contributed by atoms with Crippen molar-refractivity contribution in [2.24, 2.45) is 0 Å². The standard InChI is InChI=1S/C12H13BrN2O3S/c1-3-14-11(9-6-7(2)12(13)19-9)8-4-5-10(18-8)15(16)17/h4-6,11,14H,3H2,1-2H3. The topological polar surface area (TPSA) is 68.3 Å². The van der Waals surface area contributed by atoms with E-state index < -0.39 is 4.92 Å². The molecule has 2 aromatic rings. The van der Waals surface area contributed by atoms with Crippen molar-refractivity contribution in [3.63, 3.8) is 0 Å². The van der Waals surface area contributed by atoms with E-state index in [0.717, 1.165) is 20.8 Å². The third kappa shape index (κ3) is 3.05. The number of hydrogen-bond acceptors (Lipinski definition) is 5. The smallest absolute Gasteiger partial charge is 0.404 e. The molecular weight excluding hydrogens is 332 g/mol. The van der Waals surface area contributed by atoms with Gasteiger partial charge in [0.2, 0.25) is 0 Å². The van der Waals surface area contributed by atoms with E-state index in [1.165, 1.54) is 6.07 Å². The number of halogens is 1. The summed E-state index contributed by atoms with van der Waals surface area (Å²) >= 11 is 5.09. The third-order valence-corrected chi connectivity index (χ3v) is 4.85. The lowest BCUT2D eigenvalue weighted by atomic mass is 10.1. The Bertz CT molecular complexity index is 574. The number of nitrogens with zero attached hydrogens (tertiary/aromatic N) is 1. The van der Waals surface area contributed by atoms with Crippen LogP contribution in [0.3, 0.4) is 0 Å². The van der Waals surface area contributed by atoms with Gasteiger partial charge in [-0.2, -0.15) is 0 Å². The van der Waals surface area contributed by atoms with Gasteiger partial charge in [0, 0.05) is 4.88 Å². The number of nitro groups is 1. The molecule has 0 aliphatic carbocycles. The van der Waals surface area contributed by atoms with Crippen LogP contribution in [0.1, 0.15) is 29.2 Å². The Hall–Kier alpha value is -1.18. The van der Waals surface area contributed by atoms with Gasteiger partial charge in [0.25, 0.3) is 0 Å². The van der Waals surface area contributed by atoms with Gasteiger partial charge in [-0.3, -0.25) is 10.1 Å². The van der Waals surface area contributed by atoms with Crippen LogP contribution in [0.25, 0.3) is 0 Å². The minimum absolute atomic E-state index is 0.159. The van der Waals surface area contributed by atoms with Gasteiger partial charge in [-0.25, -0.2) is 0 Å². The van der Waals surface area contributed by atoms with E-state index in [2.05, 4.69) is 27.3 Å². The summed E-state index contributed by atoms with van der Waals surface area (Å²) in [6.45, 7) is 4.74. The van der Waals surface area contributed by atoms with E-state index in [-0.39, 0.29) is 11.9 Å². The largest absolute Gasteiger partial charge is 0.433 e. The molecule has 0 aromatic carbocycles. The molecule has 5 nitrogen and oxygen atoms in total. The van der Waals surface area contributed by atoms with E-state index in [1.54, 1.807) is 17.4 Å². The summed E-state index contributed by atoms with van der Waals surface area (Å²) in [6.07, 6.45) is 0. The fraction of sp³-hybridized carbons (Fsp3) is 0.333. The maximum absolute atomic E-state index is 10.7. The van der Waals surface area contributed by atoms with Crippen LogP contribution >= 0.6 is 27.3 Å². The molecule has 0 aliphatic heterocycles. The van der Waals surface area contributed by atoms with Crippen LogP contribution in [0.4, 0.5) is 5.88 Å².